The molecule has 2 heterocycles. The Balaban J connectivity index is 1.76. The number of aliphatic imine (C=N–C) groups is 1. The summed E-state index contributed by atoms with van der Waals surface area (Å²) in [7, 11) is 1.85. The number of guanidine groups is 1. The molecule has 1 N–H and O–H groups in total. The maximum absolute atomic E-state index is 12.4. The first-order valence-electron chi connectivity index (χ1n) is 10.3. The lowest BCUT2D eigenvalue weighted by molar-refractivity contribution is 0.0214. The van der Waals surface area contributed by atoms with Gasteiger partial charge in [-0.2, -0.15) is 0 Å². The van der Waals surface area contributed by atoms with Crippen LogP contribution in [0.5, 0.6) is 0 Å². The van der Waals surface area contributed by atoms with E-state index in [-0.39, 0.29) is 6.09 Å². The molecular formula is C21H36N4O2S. The van der Waals surface area contributed by atoms with Crippen LogP contribution in [0.1, 0.15) is 45.4 Å². The quantitative estimate of drug-likeness (QED) is 0.574. The van der Waals surface area contributed by atoms with Crippen LogP contribution in [0.25, 0.3) is 0 Å². The number of amides is 1. The highest BCUT2D eigenvalue weighted by Crippen LogP contribution is 2.20. The Morgan fingerprint density at radius 2 is 2.11 bits per heavy atom. The van der Waals surface area contributed by atoms with Crippen LogP contribution < -0.4 is 5.32 Å². The predicted molar refractivity (Wildman–Crippen MR) is 117 cm³/mol. The van der Waals surface area contributed by atoms with Gasteiger partial charge in [0.05, 0.1) is 0 Å². The third kappa shape index (κ3) is 7.34. The van der Waals surface area contributed by atoms with Crippen molar-refractivity contribution in [3.8, 4) is 0 Å². The van der Waals surface area contributed by atoms with Crippen LogP contribution in [0, 0.1) is 5.92 Å². The van der Waals surface area contributed by atoms with Gasteiger partial charge in [0, 0.05) is 44.6 Å². The molecule has 0 bridgehead atoms. The number of nitrogens with one attached hydrogen (secondary N) is 1. The van der Waals surface area contributed by atoms with Gasteiger partial charge in [0.2, 0.25) is 0 Å². The standard InChI is InChI=1S/C21H36N4O2S/c1-6-24(20(26)27-21(2,3)4)16-17-10-13-25(14-11-17)19(22-5)23-12-9-18-8-7-15-28-18/h7-8,15,17H,6,9-14,16H2,1-5H3,(H,22,23). The molecule has 0 spiro atoms. The molecule has 0 saturated carbocycles. The number of carbonyl (C=O) groups is 1. The largest absolute Gasteiger partial charge is 0.444 e. The van der Waals surface area contributed by atoms with Gasteiger partial charge in [-0.3, -0.25) is 4.99 Å². The summed E-state index contributed by atoms with van der Waals surface area (Å²) < 4.78 is 5.53. The Hall–Kier alpha value is -1.76. The number of likely N-dealkylation sites (tertiary alicyclic amines) is 1. The van der Waals surface area contributed by atoms with Crippen molar-refractivity contribution >= 4 is 23.4 Å². The Kier molecular flexibility index (Phi) is 8.60. The first kappa shape index (κ1) is 22.5. The fraction of sp³-hybridized carbons (Fsp3) is 0.714. The smallest absolute Gasteiger partial charge is 0.410 e. The molecule has 0 aliphatic carbocycles. The van der Waals surface area contributed by atoms with E-state index in [2.05, 4.69) is 32.7 Å². The molecule has 0 atom stereocenters. The Labute approximate surface area is 174 Å². The topological polar surface area (TPSA) is 57.2 Å². The van der Waals surface area contributed by atoms with Crippen molar-refractivity contribution in [1.29, 1.82) is 0 Å². The molecular weight excluding hydrogens is 372 g/mol. The van der Waals surface area contributed by atoms with Crippen LogP contribution in [0.15, 0.2) is 22.5 Å². The highest BCUT2D eigenvalue weighted by Gasteiger charge is 2.27. The van der Waals surface area contributed by atoms with Crippen molar-refractivity contribution in [1.82, 2.24) is 15.1 Å². The molecule has 1 aliphatic heterocycles. The fourth-order valence-corrected chi connectivity index (χ4v) is 4.09. The lowest BCUT2D eigenvalue weighted by atomic mass is 9.96. The van der Waals surface area contributed by atoms with Crippen LogP contribution >= 0.6 is 11.3 Å². The van der Waals surface area contributed by atoms with Gasteiger partial charge in [-0.05, 0) is 64.3 Å². The van der Waals surface area contributed by atoms with E-state index in [9.17, 15) is 4.79 Å². The SMILES string of the molecule is CCN(CC1CCN(C(=NC)NCCc2cccs2)CC1)C(=O)OC(C)(C)C. The summed E-state index contributed by atoms with van der Waals surface area (Å²) in [6.45, 7) is 12.0. The normalized spacial score (nSPS) is 16.2. The van der Waals surface area contributed by atoms with E-state index in [0.29, 0.717) is 12.5 Å². The van der Waals surface area contributed by atoms with Gasteiger partial charge < -0.3 is 19.9 Å². The molecule has 0 aromatic carbocycles. The molecule has 28 heavy (non-hydrogen) atoms. The van der Waals surface area contributed by atoms with E-state index in [1.807, 2.05) is 39.6 Å². The van der Waals surface area contributed by atoms with Crippen molar-refractivity contribution in [3.63, 3.8) is 0 Å². The lowest BCUT2D eigenvalue weighted by Crippen LogP contribution is -2.48. The minimum atomic E-state index is -0.449. The molecule has 1 fully saturated rings. The molecule has 7 heteroatoms. The third-order valence-corrected chi connectivity index (χ3v) is 5.81. The summed E-state index contributed by atoms with van der Waals surface area (Å²) in [5.74, 6) is 1.49. The molecule has 1 amide bonds. The molecule has 6 nitrogen and oxygen atoms in total. The van der Waals surface area contributed by atoms with E-state index >= 15 is 0 Å². The molecule has 1 aliphatic rings. The summed E-state index contributed by atoms with van der Waals surface area (Å²) in [5.41, 5.74) is -0.449. The Bertz CT molecular complexity index is 617. The van der Waals surface area contributed by atoms with Crippen LogP contribution in [0.3, 0.4) is 0 Å². The van der Waals surface area contributed by atoms with Gasteiger partial charge >= 0.3 is 6.09 Å². The van der Waals surface area contributed by atoms with Crippen LogP contribution in [0.4, 0.5) is 4.79 Å². The molecule has 2 rings (SSSR count). The average molecular weight is 409 g/mol. The first-order valence-corrected chi connectivity index (χ1v) is 11.2. The minimum Gasteiger partial charge on any atom is -0.444 e. The molecule has 158 valence electrons. The highest BCUT2D eigenvalue weighted by molar-refractivity contribution is 7.09. The van der Waals surface area contributed by atoms with Gasteiger partial charge in [0.15, 0.2) is 5.96 Å². The van der Waals surface area contributed by atoms with Crippen molar-refractivity contribution in [2.24, 2.45) is 10.9 Å². The predicted octanol–water partition coefficient (Wildman–Crippen LogP) is 3.84. The second-order valence-corrected chi connectivity index (χ2v) is 9.29. The zero-order valence-electron chi connectivity index (χ0n) is 18.0. The zero-order chi connectivity index (χ0) is 20.6. The summed E-state index contributed by atoms with van der Waals surface area (Å²) in [6.07, 6.45) is 2.94. The molecule has 0 radical (unpaired) electrons. The van der Waals surface area contributed by atoms with E-state index < -0.39 is 5.60 Å². The van der Waals surface area contributed by atoms with Crippen LogP contribution in [0.2, 0.25) is 0 Å². The lowest BCUT2D eigenvalue weighted by Gasteiger charge is -2.36. The third-order valence-electron chi connectivity index (χ3n) is 4.87. The summed E-state index contributed by atoms with van der Waals surface area (Å²) in [6, 6.07) is 4.27. The van der Waals surface area contributed by atoms with Crippen molar-refractivity contribution in [3.05, 3.63) is 22.4 Å². The molecule has 0 unspecified atom stereocenters. The van der Waals surface area contributed by atoms with Crippen molar-refractivity contribution < 1.29 is 9.53 Å². The number of carbonyl (C=O) groups excluding carboxylic acids is 1. The van der Waals surface area contributed by atoms with E-state index in [1.54, 1.807) is 11.3 Å². The van der Waals surface area contributed by atoms with Gasteiger partial charge in [0.1, 0.15) is 5.60 Å². The number of thiophene rings is 1. The fourth-order valence-electron chi connectivity index (χ4n) is 3.38. The zero-order valence-corrected chi connectivity index (χ0v) is 18.8. The summed E-state index contributed by atoms with van der Waals surface area (Å²) >= 11 is 1.80. The van der Waals surface area contributed by atoms with Crippen LogP contribution in [-0.4, -0.2) is 67.2 Å². The van der Waals surface area contributed by atoms with Crippen molar-refractivity contribution in [2.45, 2.75) is 52.6 Å². The van der Waals surface area contributed by atoms with Gasteiger partial charge in [0.25, 0.3) is 0 Å². The first-order chi connectivity index (χ1) is 13.3. The number of ether oxygens (including phenoxy) is 1. The Morgan fingerprint density at radius 1 is 1.39 bits per heavy atom. The number of hydrogen-bond acceptors (Lipinski definition) is 4. The molecule has 1 aromatic rings. The van der Waals surface area contributed by atoms with E-state index in [0.717, 1.165) is 51.4 Å². The minimum absolute atomic E-state index is 0.205. The average Bonchev–Trinajstić information content (AvgIpc) is 3.16. The van der Waals surface area contributed by atoms with Gasteiger partial charge in [-0.25, -0.2) is 4.79 Å². The molecule has 1 saturated heterocycles. The molecule has 1 aromatic heterocycles. The van der Waals surface area contributed by atoms with Crippen molar-refractivity contribution in [2.75, 3.05) is 39.8 Å². The summed E-state index contributed by atoms with van der Waals surface area (Å²) in [5, 5.41) is 5.60. The van der Waals surface area contributed by atoms with E-state index in [1.165, 1.54) is 4.88 Å². The maximum Gasteiger partial charge on any atom is 0.410 e. The van der Waals surface area contributed by atoms with Gasteiger partial charge in [-0.15, -0.1) is 11.3 Å². The number of rotatable bonds is 6. The number of piperidine rings is 1. The maximum atomic E-state index is 12.4. The number of hydrogen-bond donors (Lipinski definition) is 1. The van der Waals surface area contributed by atoms with E-state index in [4.69, 9.17) is 4.74 Å². The van der Waals surface area contributed by atoms with Gasteiger partial charge in [-0.1, -0.05) is 6.07 Å². The second kappa shape index (κ2) is 10.7. The Morgan fingerprint density at radius 3 is 2.64 bits per heavy atom. The monoisotopic (exact) mass is 408 g/mol. The second-order valence-electron chi connectivity index (χ2n) is 8.25. The van der Waals surface area contributed by atoms with Crippen LogP contribution in [-0.2, 0) is 11.2 Å². The highest BCUT2D eigenvalue weighted by atomic mass is 32.1. The summed E-state index contributed by atoms with van der Waals surface area (Å²) in [4.78, 5) is 22.4. The number of nitrogens with zero attached hydrogens (tertiary/aromatic N) is 3.